The minimum atomic E-state index is -3.61. The predicted octanol–water partition coefficient (Wildman–Crippen LogP) is 2.29. The summed E-state index contributed by atoms with van der Waals surface area (Å²) in [6.07, 6.45) is 1.13. The molecule has 166 valence electrons. The molecule has 3 rings (SSSR count). The fraction of sp³-hybridized carbons (Fsp3) is 0.300. The van der Waals surface area contributed by atoms with Gasteiger partial charge < -0.3 is 9.30 Å². The van der Waals surface area contributed by atoms with Crippen LogP contribution in [0.2, 0.25) is 0 Å². The lowest BCUT2D eigenvalue weighted by Gasteiger charge is -2.07. The Balaban J connectivity index is 2.21. The highest BCUT2D eigenvalue weighted by molar-refractivity contribution is 7.91. The molecule has 0 bridgehead atoms. The standard InChI is InChI=1S/C20H22N2O6S3/c1-4-31(26,27)18-8-6-5-7-15(18)19(23)21-20-22(11-12-28-2)16-10-9-14(30(3,24)25)13-17(16)29-20/h5-10,13H,4,11-12H2,1-3H3. The van der Waals surface area contributed by atoms with Crippen molar-refractivity contribution in [3.8, 4) is 0 Å². The molecule has 0 fully saturated rings. The summed E-state index contributed by atoms with van der Waals surface area (Å²) in [5, 5.41) is 0. The van der Waals surface area contributed by atoms with Crippen molar-refractivity contribution >= 4 is 47.1 Å². The summed E-state index contributed by atoms with van der Waals surface area (Å²) in [7, 11) is -5.46. The van der Waals surface area contributed by atoms with Crippen LogP contribution in [0.4, 0.5) is 0 Å². The van der Waals surface area contributed by atoms with Gasteiger partial charge in [-0.05, 0) is 30.3 Å². The van der Waals surface area contributed by atoms with Crippen LogP contribution in [0.15, 0.2) is 57.2 Å². The Hall–Kier alpha value is -2.34. The number of rotatable bonds is 7. The van der Waals surface area contributed by atoms with Crippen LogP contribution in [0.25, 0.3) is 10.2 Å². The first-order valence-corrected chi connectivity index (χ1v) is 13.7. The molecule has 0 saturated heterocycles. The summed E-state index contributed by atoms with van der Waals surface area (Å²) in [6.45, 7) is 2.25. The smallest absolute Gasteiger partial charge is 0.280 e. The Labute approximate surface area is 184 Å². The number of hydrogen-bond donors (Lipinski definition) is 0. The van der Waals surface area contributed by atoms with E-state index < -0.39 is 25.6 Å². The third-order valence-corrected chi connectivity index (χ3v) is 8.57. The number of ether oxygens (including phenoxy) is 1. The molecule has 1 aromatic heterocycles. The molecule has 0 aliphatic rings. The van der Waals surface area contributed by atoms with E-state index in [1.54, 1.807) is 29.9 Å². The summed E-state index contributed by atoms with van der Waals surface area (Å²) < 4.78 is 56.1. The zero-order chi connectivity index (χ0) is 22.8. The normalized spacial score (nSPS) is 13.1. The molecule has 0 aliphatic heterocycles. The number of carbonyl (C=O) groups excluding carboxylic acids is 1. The van der Waals surface area contributed by atoms with Gasteiger partial charge in [-0.15, -0.1) is 0 Å². The molecule has 0 atom stereocenters. The number of nitrogens with zero attached hydrogens (tertiary/aromatic N) is 2. The molecular weight excluding hydrogens is 460 g/mol. The van der Waals surface area contributed by atoms with Gasteiger partial charge in [-0.3, -0.25) is 4.79 Å². The molecule has 0 aliphatic carbocycles. The lowest BCUT2D eigenvalue weighted by molar-refractivity contribution is 0.0994. The van der Waals surface area contributed by atoms with Gasteiger partial charge in [-0.25, -0.2) is 16.8 Å². The lowest BCUT2D eigenvalue weighted by Crippen LogP contribution is -2.20. The molecule has 0 N–H and O–H groups in total. The van der Waals surface area contributed by atoms with Gasteiger partial charge in [0.15, 0.2) is 24.5 Å². The molecule has 2 aromatic carbocycles. The second-order valence-electron chi connectivity index (χ2n) is 6.75. The number of aromatic nitrogens is 1. The van der Waals surface area contributed by atoms with Crippen LogP contribution in [0.3, 0.4) is 0 Å². The quantitative estimate of drug-likeness (QED) is 0.511. The second-order valence-corrected chi connectivity index (χ2v) is 12.0. The van der Waals surface area contributed by atoms with Gasteiger partial charge in [-0.2, -0.15) is 4.99 Å². The average Bonchev–Trinajstić information content (AvgIpc) is 3.07. The van der Waals surface area contributed by atoms with Gasteiger partial charge in [0.1, 0.15) is 0 Å². The van der Waals surface area contributed by atoms with Crippen LogP contribution in [-0.2, 0) is 31.0 Å². The van der Waals surface area contributed by atoms with Crippen LogP contribution in [0, 0.1) is 0 Å². The predicted molar refractivity (Wildman–Crippen MR) is 119 cm³/mol. The summed E-state index contributed by atoms with van der Waals surface area (Å²) in [6, 6.07) is 10.7. The summed E-state index contributed by atoms with van der Waals surface area (Å²) in [5.41, 5.74) is 0.701. The fourth-order valence-corrected chi connectivity index (χ4v) is 5.89. The maximum absolute atomic E-state index is 13.0. The van der Waals surface area contributed by atoms with Gasteiger partial charge in [0.05, 0.1) is 37.9 Å². The fourth-order valence-electron chi connectivity index (χ4n) is 2.99. The number of fused-ring (bicyclic) bond motifs is 1. The topological polar surface area (TPSA) is 112 Å². The minimum Gasteiger partial charge on any atom is -0.383 e. The van der Waals surface area contributed by atoms with E-state index in [0.717, 1.165) is 17.6 Å². The van der Waals surface area contributed by atoms with Crippen LogP contribution in [0.5, 0.6) is 0 Å². The van der Waals surface area contributed by atoms with E-state index in [1.807, 2.05) is 0 Å². The third kappa shape index (κ3) is 4.95. The first-order chi connectivity index (χ1) is 14.6. The summed E-state index contributed by atoms with van der Waals surface area (Å²) in [4.78, 5) is 17.6. The van der Waals surface area contributed by atoms with Gasteiger partial charge >= 0.3 is 0 Å². The van der Waals surface area contributed by atoms with E-state index in [4.69, 9.17) is 4.74 Å². The molecule has 0 saturated carbocycles. The highest BCUT2D eigenvalue weighted by Gasteiger charge is 2.21. The molecule has 0 unspecified atom stereocenters. The van der Waals surface area contributed by atoms with E-state index >= 15 is 0 Å². The van der Waals surface area contributed by atoms with Crippen LogP contribution in [0.1, 0.15) is 17.3 Å². The van der Waals surface area contributed by atoms with E-state index in [9.17, 15) is 21.6 Å². The van der Waals surface area contributed by atoms with Gasteiger partial charge in [0.2, 0.25) is 0 Å². The highest BCUT2D eigenvalue weighted by Crippen LogP contribution is 2.23. The number of benzene rings is 2. The number of hydrogen-bond acceptors (Lipinski definition) is 7. The average molecular weight is 483 g/mol. The van der Waals surface area contributed by atoms with Crippen molar-refractivity contribution in [3.05, 3.63) is 52.8 Å². The monoisotopic (exact) mass is 482 g/mol. The van der Waals surface area contributed by atoms with Crippen molar-refractivity contribution in [2.24, 2.45) is 4.99 Å². The number of carbonyl (C=O) groups is 1. The molecule has 11 heteroatoms. The van der Waals surface area contributed by atoms with E-state index in [1.165, 1.54) is 31.2 Å². The first kappa shape index (κ1) is 23.3. The van der Waals surface area contributed by atoms with Gasteiger partial charge in [-0.1, -0.05) is 30.4 Å². The molecule has 3 aromatic rings. The van der Waals surface area contributed by atoms with Crippen molar-refractivity contribution in [2.45, 2.75) is 23.3 Å². The first-order valence-electron chi connectivity index (χ1n) is 9.31. The number of methoxy groups -OCH3 is 1. The van der Waals surface area contributed by atoms with E-state index in [2.05, 4.69) is 4.99 Å². The van der Waals surface area contributed by atoms with E-state index in [-0.39, 0.29) is 21.1 Å². The Morgan fingerprint density at radius 3 is 2.48 bits per heavy atom. The van der Waals surface area contributed by atoms with Gasteiger partial charge in [0.25, 0.3) is 5.91 Å². The van der Waals surface area contributed by atoms with Gasteiger partial charge in [0, 0.05) is 19.9 Å². The van der Waals surface area contributed by atoms with E-state index in [0.29, 0.717) is 28.2 Å². The summed E-state index contributed by atoms with van der Waals surface area (Å²) >= 11 is 1.15. The van der Waals surface area contributed by atoms with Crippen molar-refractivity contribution in [3.63, 3.8) is 0 Å². The zero-order valence-electron chi connectivity index (χ0n) is 17.2. The van der Waals surface area contributed by atoms with Crippen molar-refractivity contribution in [2.75, 3.05) is 25.7 Å². The van der Waals surface area contributed by atoms with Crippen molar-refractivity contribution in [1.82, 2.24) is 4.57 Å². The number of amides is 1. The molecule has 0 radical (unpaired) electrons. The SMILES string of the molecule is CCS(=O)(=O)c1ccccc1C(=O)N=c1sc2cc(S(C)(=O)=O)ccc2n1CCOC. The minimum absolute atomic E-state index is 0.00285. The Morgan fingerprint density at radius 1 is 1.13 bits per heavy atom. The Morgan fingerprint density at radius 2 is 1.84 bits per heavy atom. The zero-order valence-corrected chi connectivity index (χ0v) is 19.7. The third-order valence-electron chi connectivity index (χ3n) is 4.63. The molecule has 1 heterocycles. The molecule has 0 spiro atoms. The van der Waals surface area contributed by atoms with Crippen molar-refractivity contribution in [1.29, 1.82) is 0 Å². The Kier molecular flexibility index (Phi) is 6.79. The maximum Gasteiger partial charge on any atom is 0.280 e. The highest BCUT2D eigenvalue weighted by atomic mass is 32.2. The molecule has 8 nitrogen and oxygen atoms in total. The molecular formula is C20H22N2O6S3. The number of sulfone groups is 2. The second kappa shape index (κ2) is 9.03. The number of thiazole rings is 1. The van der Waals surface area contributed by atoms with Crippen molar-refractivity contribution < 1.29 is 26.4 Å². The summed E-state index contributed by atoms with van der Waals surface area (Å²) in [5.74, 6) is -0.823. The Bertz CT molecular complexity index is 1420. The largest absolute Gasteiger partial charge is 0.383 e. The van der Waals surface area contributed by atoms with Crippen LogP contribution in [-0.4, -0.2) is 53.0 Å². The lowest BCUT2D eigenvalue weighted by atomic mass is 10.2. The molecule has 31 heavy (non-hydrogen) atoms. The van der Waals surface area contributed by atoms with Crippen LogP contribution < -0.4 is 4.80 Å². The molecule has 1 amide bonds. The maximum atomic E-state index is 13.0. The van der Waals surface area contributed by atoms with Crippen LogP contribution >= 0.6 is 11.3 Å².